The molecule has 0 radical (unpaired) electrons. The van der Waals surface area contributed by atoms with Crippen molar-refractivity contribution in [1.29, 1.82) is 0 Å². The van der Waals surface area contributed by atoms with Crippen molar-refractivity contribution in [2.24, 2.45) is 0 Å². The predicted molar refractivity (Wildman–Crippen MR) is 68.1 cm³/mol. The Kier molecular flexibility index (Phi) is 3.74. The molecule has 2 nitrogen and oxygen atoms in total. The number of benzene rings is 1. The number of methoxy groups -OCH3 is 1. The van der Waals surface area contributed by atoms with E-state index in [-0.39, 0.29) is 5.82 Å². The first-order chi connectivity index (χ1) is 8.26. The van der Waals surface area contributed by atoms with Crippen LogP contribution in [0.2, 0.25) is 0 Å². The van der Waals surface area contributed by atoms with E-state index in [1.165, 1.54) is 17.4 Å². The highest BCUT2D eigenvalue weighted by Crippen LogP contribution is 2.34. The van der Waals surface area contributed by atoms with Crippen LogP contribution >= 0.6 is 11.3 Å². The smallest absolute Gasteiger partial charge is 0.137 e. The number of hydrogen-bond donors (Lipinski definition) is 0. The van der Waals surface area contributed by atoms with Gasteiger partial charge in [0.2, 0.25) is 0 Å². The third-order valence-electron chi connectivity index (χ3n) is 2.47. The second kappa shape index (κ2) is 5.27. The Bertz CT molecular complexity index is 510. The van der Waals surface area contributed by atoms with Crippen LogP contribution in [0.1, 0.15) is 19.0 Å². The lowest BCUT2D eigenvalue weighted by atomic mass is 10.2. The molecule has 90 valence electrons. The van der Waals surface area contributed by atoms with Crippen LogP contribution in [-0.4, -0.2) is 12.1 Å². The Labute approximate surface area is 104 Å². The van der Waals surface area contributed by atoms with Gasteiger partial charge in [0, 0.05) is 5.38 Å². The van der Waals surface area contributed by atoms with Crippen LogP contribution in [0.5, 0.6) is 5.75 Å². The number of aromatic nitrogens is 1. The summed E-state index contributed by atoms with van der Waals surface area (Å²) in [7, 11) is 1.54. The zero-order chi connectivity index (χ0) is 12.3. The van der Waals surface area contributed by atoms with Crippen LogP contribution in [0.3, 0.4) is 0 Å². The second-order valence-electron chi connectivity index (χ2n) is 3.71. The van der Waals surface area contributed by atoms with Gasteiger partial charge in [-0.3, -0.25) is 0 Å². The summed E-state index contributed by atoms with van der Waals surface area (Å²) in [5.74, 6) is 0.240. The highest BCUT2D eigenvalue weighted by Gasteiger charge is 2.14. The molecule has 0 aliphatic heterocycles. The molecule has 1 aromatic carbocycles. The second-order valence-corrected chi connectivity index (χ2v) is 4.57. The van der Waals surface area contributed by atoms with Gasteiger partial charge in [0.1, 0.15) is 16.6 Å². The number of thiazole rings is 1. The molecular formula is C13H14FNOS. The van der Waals surface area contributed by atoms with Crippen molar-refractivity contribution in [1.82, 2.24) is 4.98 Å². The molecule has 2 aromatic rings. The lowest BCUT2D eigenvalue weighted by Gasteiger charge is -2.06. The average Bonchev–Trinajstić information content (AvgIpc) is 2.77. The van der Waals surface area contributed by atoms with Crippen molar-refractivity contribution >= 4 is 11.3 Å². The summed E-state index contributed by atoms with van der Waals surface area (Å²) in [6.07, 6.45) is 1.96. The van der Waals surface area contributed by atoms with E-state index in [1.807, 2.05) is 5.38 Å². The van der Waals surface area contributed by atoms with Crippen molar-refractivity contribution in [3.05, 3.63) is 35.1 Å². The van der Waals surface area contributed by atoms with Crippen molar-refractivity contribution in [3.8, 4) is 16.3 Å². The molecule has 0 aliphatic carbocycles. The fourth-order valence-electron chi connectivity index (χ4n) is 1.67. The molecule has 0 N–H and O–H groups in total. The molecule has 0 saturated carbocycles. The molecule has 1 heterocycles. The Morgan fingerprint density at radius 2 is 2.24 bits per heavy atom. The summed E-state index contributed by atoms with van der Waals surface area (Å²) in [6.45, 7) is 2.10. The molecule has 2 rings (SSSR count). The molecule has 1 aromatic heterocycles. The molecule has 0 atom stereocenters. The van der Waals surface area contributed by atoms with Gasteiger partial charge in [0.05, 0.1) is 18.4 Å². The Hall–Kier alpha value is -1.42. The number of nitrogens with zero attached hydrogens (tertiary/aromatic N) is 1. The summed E-state index contributed by atoms with van der Waals surface area (Å²) in [4.78, 5) is 4.44. The van der Waals surface area contributed by atoms with E-state index in [9.17, 15) is 4.39 Å². The van der Waals surface area contributed by atoms with Crippen molar-refractivity contribution in [3.63, 3.8) is 0 Å². The maximum atomic E-state index is 13.8. The van der Waals surface area contributed by atoms with Crippen LogP contribution in [0.4, 0.5) is 4.39 Å². The van der Waals surface area contributed by atoms with E-state index in [4.69, 9.17) is 4.74 Å². The summed E-state index contributed by atoms with van der Waals surface area (Å²) >= 11 is 1.46. The number of halogens is 1. The SMILES string of the molecule is CCCc1csc(-c2c(F)cccc2OC)n1. The summed E-state index contributed by atoms with van der Waals surface area (Å²) in [5.41, 5.74) is 1.47. The molecule has 0 amide bonds. The minimum absolute atomic E-state index is 0.290. The van der Waals surface area contributed by atoms with E-state index < -0.39 is 0 Å². The first-order valence-corrected chi connectivity index (χ1v) is 6.41. The monoisotopic (exact) mass is 251 g/mol. The van der Waals surface area contributed by atoms with Crippen molar-refractivity contribution < 1.29 is 9.13 Å². The molecule has 0 bridgehead atoms. The first-order valence-electron chi connectivity index (χ1n) is 5.53. The fourth-order valence-corrected chi connectivity index (χ4v) is 2.58. The van der Waals surface area contributed by atoms with E-state index in [0.717, 1.165) is 18.5 Å². The first kappa shape index (κ1) is 12.0. The standard InChI is InChI=1S/C13H14FNOS/c1-3-5-9-8-17-13(15-9)12-10(14)6-4-7-11(12)16-2/h4,6-8H,3,5H2,1-2H3. The summed E-state index contributed by atoms with van der Waals surface area (Å²) in [6, 6.07) is 4.82. The predicted octanol–water partition coefficient (Wildman–Crippen LogP) is 3.91. The Morgan fingerprint density at radius 1 is 1.41 bits per heavy atom. The van der Waals surface area contributed by atoms with Crippen LogP contribution < -0.4 is 4.74 Å². The van der Waals surface area contributed by atoms with Crippen LogP contribution in [0.15, 0.2) is 23.6 Å². The Morgan fingerprint density at radius 3 is 2.94 bits per heavy atom. The van der Waals surface area contributed by atoms with Gasteiger partial charge in [-0.25, -0.2) is 9.37 Å². The molecule has 17 heavy (non-hydrogen) atoms. The van der Waals surface area contributed by atoms with E-state index in [0.29, 0.717) is 16.3 Å². The lowest BCUT2D eigenvalue weighted by Crippen LogP contribution is -1.91. The van der Waals surface area contributed by atoms with E-state index in [1.54, 1.807) is 19.2 Å². The molecule has 0 unspecified atom stereocenters. The van der Waals surface area contributed by atoms with Gasteiger partial charge in [-0.15, -0.1) is 11.3 Å². The van der Waals surface area contributed by atoms with Gasteiger partial charge in [-0.1, -0.05) is 19.4 Å². The minimum Gasteiger partial charge on any atom is -0.496 e. The maximum absolute atomic E-state index is 13.8. The normalized spacial score (nSPS) is 10.5. The zero-order valence-corrected chi connectivity index (χ0v) is 10.7. The van der Waals surface area contributed by atoms with Gasteiger partial charge in [-0.05, 0) is 18.6 Å². The van der Waals surface area contributed by atoms with Gasteiger partial charge >= 0.3 is 0 Å². The number of hydrogen-bond acceptors (Lipinski definition) is 3. The topological polar surface area (TPSA) is 22.1 Å². The quantitative estimate of drug-likeness (QED) is 0.822. The Balaban J connectivity index is 2.44. The molecule has 0 aliphatic rings. The summed E-state index contributed by atoms with van der Waals surface area (Å²) < 4.78 is 19.0. The van der Waals surface area contributed by atoms with Crippen LogP contribution in [0.25, 0.3) is 10.6 Å². The molecular weight excluding hydrogens is 237 g/mol. The largest absolute Gasteiger partial charge is 0.496 e. The van der Waals surface area contributed by atoms with Gasteiger partial charge < -0.3 is 4.74 Å². The number of aryl methyl sites for hydroxylation is 1. The maximum Gasteiger partial charge on any atom is 0.137 e. The molecule has 0 fully saturated rings. The van der Waals surface area contributed by atoms with Crippen molar-refractivity contribution in [2.75, 3.05) is 7.11 Å². The molecule has 0 spiro atoms. The third kappa shape index (κ3) is 2.47. The molecule has 0 saturated heterocycles. The highest BCUT2D eigenvalue weighted by molar-refractivity contribution is 7.13. The van der Waals surface area contributed by atoms with E-state index in [2.05, 4.69) is 11.9 Å². The molecule has 4 heteroatoms. The third-order valence-corrected chi connectivity index (χ3v) is 3.38. The van der Waals surface area contributed by atoms with Crippen LogP contribution in [0, 0.1) is 5.82 Å². The highest BCUT2D eigenvalue weighted by atomic mass is 32.1. The number of ether oxygens (including phenoxy) is 1. The van der Waals surface area contributed by atoms with Gasteiger partial charge in [-0.2, -0.15) is 0 Å². The minimum atomic E-state index is -0.290. The van der Waals surface area contributed by atoms with E-state index >= 15 is 0 Å². The van der Waals surface area contributed by atoms with Gasteiger partial charge in [0.15, 0.2) is 0 Å². The van der Waals surface area contributed by atoms with Gasteiger partial charge in [0.25, 0.3) is 0 Å². The zero-order valence-electron chi connectivity index (χ0n) is 9.87. The fraction of sp³-hybridized carbons (Fsp3) is 0.308. The lowest BCUT2D eigenvalue weighted by molar-refractivity contribution is 0.413. The average molecular weight is 251 g/mol. The van der Waals surface area contributed by atoms with Crippen LogP contribution in [-0.2, 0) is 6.42 Å². The van der Waals surface area contributed by atoms with Crippen molar-refractivity contribution in [2.45, 2.75) is 19.8 Å². The summed E-state index contributed by atoms with van der Waals surface area (Å²) in [5, 5.41) is 2.66. The number of rotatable bonds is 4.